The van der Waals surface area contributed by atoms with E-state index < -0.39 is 17.5 Å². The molecule has 0 radical (unpaired) electrons. The van der Waals surface area contributed by atoms with Crippen LogP contribution in [-0.2, 0) is 0 Å². The van der Waals surface area contributed by atoms with Crippen LogP contribution < -0.4 is 5.73 Å². The molecule has 4 nitrogen and oxygen atoms in total. The Balaban J connectivity index is 2.03. The van der Waals surface area contributed by atoms with Gasteiger partial charge in [0.2, 0.25) is 0 Å². The smallest absolute Gasteiger partial charge is 0.195 e. The number of hydrogen-bond donors (Lipinski definition) is 2. The highest BCUT2D eigenvalue weighted by Crippen LogP contribution is 2.25. The lowest BCUT2D eigenvalue weighted by atomic mass is 10.2. The van der Waals surface area contributed by atoms with Crippen LogP contribution in [0.4, 0.5) is 18.9 Å². The Morgan fingerprint density at radius 1 is 0.905 bits per heavy atom. The molecule has 1 heterocycles. The second kappa shape index (κ2) is 4.93. The van der Waals surface area contributed by atoms with Crippen molar-refractivity contribution in [2.45, 2.75) is 0 Å². The molecule has 0 amide bonds. The van der Waals surface area contributed by atoms with E-state index in [1.165, 1.54) is 0 Å². The highest BCUT2D eigenvalue weighted by molar-refractivity contribution is 5.63. The van der Waals surface area contributed by atoms with Gasteiger partial charge in [-0.2, -0.15) is 5.10 Å². The number of aromatic nitrogens is 3. The van der Waals surface area contributed by atoms with E-state index in [-0.39, 0.29) is 11.4 Å². The molecule has 0 unspecified atom stereocenters. The van der Waals surface area contributed by atoms with Crippen molar-refractivity contribution in [3.05, 3.63) is 53.8 Å². The first kappa shape index (κ1) is 13.2. The van der Waals surface area contributed by atoms with Crippen molar-refractivity contribution < 1.29 is 13.2 Å². The van der Waals surface area contributed by atoms with E-state index in [0.717, 1.165) is 12.1 Å². The molecule has 3 aromatic rings. The summed E-state index contributed by atoms with van der Waals surface area (Å²) in [4.78, 5) is 4.08. The molecule has 2 aromatic carbocycles. The van der Waals surface area contributed by atoms with Crippen molar-refractivity contribution in [2.24, 2.45) is 0 Å². The maximum atomic E-state index is 13.7. The van der Waals surface area contributed by atoms with E-state index in [0.29, 0.717) is 17.1 Å². The van der Waals surface area contributed by atoms with Gasteiger partial charge >= 0.3 is 0 Å². The zero-order valence-electron chi connectivity index (χ0n) is 10.6. The number of halogens is 3. The van der Waals surface area contributed by atoms with Gasteiger partial charge in [0.25, 0.3) is 0 Å². The maximum absolute atomic E-state index is 13.7. The predicted octanol–water partition coefficient (Wildman–Crippen LogP) is 3.14. The fourth-order valence-electron chi connectivity index (χ4n) is 1.85. The molecule has 0 bridgehead atoms. The molecule has 7 heteroatoms. The number of benzene rings is 2. The van der Waals surface area contributed by atoms with Crippen LogP contribution in [0, 0.1) is 17.5 Å². The van der Waals surface area contributed by atoms with Crippen molar-refractivity contribution in [2.75, 3.05) is 5.73 Å². The summed E-state index contributed by atoms with van der Waals surface area (Å²) in [5.41, 5.74) is 6.63. The Kier molecular flexibility index (Phi) is 3.09. The van der Waals surface area contributed by atoms with Crippen LogP contribution in [0.3, 0.4) is 0 Å². The molecule has 106 valence electrons. The highest BCUT2D eigenvalue weighted by Gasteiger charge is 2.17. The van der Waals surface area contributed by atoms with Crippen molar-refractivity contribution in [1.29, 1.82) is 0 Å². The average Bonchev–Trinajstić information content (AvgIpc) is 2.95. The zero-order valence-corrected chi connectivity index (χ0v) is 10.6. The van der Waals surface area contributed by atoms with Crippen molar-refractivity contribution in [3.8, 4) is 22.8 Å². The SMILES string of the molecule is Nc1ccc(-c2n[nH]c(-c3ccc(F)c(F)c3F)n2)cc1. The van der Waals surface area contributed by atoms with E-state index in [1.54, 1.807) is 24.3 Å². The number of H-pyrrole nitrogens is 1. The van der Waals surface area contributed by atoms with Crippen LogP contribution in [-0.4, -0.2) is 15.2 Å². The Hall–Kier alpha value is -2.83. The summed E-state index contributed by atoms with van der Waals surface area (Å²) in [5, 5.41) is 6.43. The summed E-state index contributed by atoms with van der Waals surface area (Å²) < 4.78 is 39.8. The second-order valence-corrected chi connectivity index (χ2v) is 4.35. The lowest BCUT2D eigenvalue weighted by molar-refractivity contribution is 0.448. The number of aromatic amines is 1. The van der Waals surface area contributed by atoms with Gasteiger partial charge in [0, 0.05) is 11.3 Å². The van der Waals surface area contributed by atoms with Crippen LogP contribution in [0.1, 0.15) is 0 Å². The van der Waals surface area contributed by atoms with Gasteiger partial charge in [0.15, 0.2) is 29.1 Å². The lowest BCUT2D eigenvalue weighted by Gasteiger charge is -2.00. The third-order valence-corrected chi connectivity index (χ3v) is 2.94. The molecule has 0 spiro atoms. The predicted molar refractivity (Wildman–Crippen MR) is 71.5 cm³/mol. The minimum absolute atomic E-state index is 0.0122. The molecule has 0 atom stereocenters. The fourth-order valence-corrected chi connectivity index (χ4v) is 1.85. The molecule has 0 saturated heterocycles. The zero-order chi connectivity index (χ0) is 15.0. The molecule has 3 rings (SSSR count). The topological polar surface area (TPSA) is 67.6 Å². The Morgan fingerprint density at radius 3 is 2.33 bits per heavy atom. The summed E-state index contributed by atoms with van der Waals surface area (Å²) in [6.07, 6.45) is 0. The molecule has 0 aliphatic heterocycles. The largest absolute Gasteiger partial charge is 0.399 e. The number of nitrogens with zero attached hydrogens (tertiary/aromatic N) is 2. The molecular formula is C14H9F3N4. The van der Waals surface area contributed by atoms with Gasteiger partial charge in [-0.25, -0.2) is 18.2 Å². The molecule has 3 N–H and O–H groups in total. The van der Waals surface area contributed by atoms with Crippen LogP contribution in [0.5, 0.6) is 0 Å². The highest BCUT2D eigenvalue weighted by atomic mass is 19.2. The average molecular weight is 290 g/mol. The molecule has 1 aromatic heterocycles. The third-order valence-electron chi connectivity index (χ3n) is 2.94. The number of anilines is 1. The van der Waals surface area contributed by atoms with Crippen molar-refractivity contribution >= 4 is 5.69 Å². The first-order chi connectivity index (χ1) is 10.1. The molecule has 21 heavy (non-hydrogen) atoms. The minimum atomic E-state index is -1.54. The van der Waals surface area contributed by atoms with E-state index in [1.807, 2.05) is 0 Å². The first-order valence-corrected chi connectivity index (χ1v) is 5.98. The second-order valence-electron chi connectivity index (χ2n) is 4.35. The Morgan fingerprint density at radius 2 is 1.62 bits per heavy atom. The third kappa shape index (κ3) is 2.33. The van der Waals surface area contributed by atoms with Gasteiger partial charge in [-0.3, -0.25) is 5.10 Å². The normalized spacial score (nSPS) is 10.8. The Bertz CT molecular complexity index is 796. The Labute approximate surface area is 117 Å². The number of nitrogens with one attached hydrogen (secondary N) is 1. The van der Waals surface area contributed by atoms with Gasteiger partial charge < -0.3 is 5.73 Å². The number of nitrogen functional groups attached to an aromatic ring is 1. The monoisotopic (exact) mass is 290 g/mol. The van der Waals surface area contributed by atoms with Crippen molar-refractivity contribution in [1.82, 2.24) is 15.2 Å². The number of hydrogen-bond acceptors (Lipinski definition) is 3. The van der Waals surface area contributed by atoms with E-state index >= 15 is 0 Å². The van der Waals surface area contributed by atoms with E-state index in [2.05, 4.69) is 15.2 Å². The lowest BCUT2D eigenvalue weighted by Crippen LogP contribution is -1.95. The van der Waals surface area contributed by atoms with E-state index in [4.69, 9.17) is 5.73 Å². The number of nitrogens with two attached hydrogens (primary N) is 1. The van der Waals surface area contributed by atoms with Crippen molar-refractivity contribution in [3.63, 3.8) is 0 Å². The molecule has 0 aliphatic carbocycles. The summed E-state index contributed by atoms with van der Waals surface area (Å²) in [7, 11) is 0. The standard InChI is InChI=1S/C14H9F3N4/c15-10-6-5-9(11(16)12(10)17)14-19-13(20-21-14)7-1-3-8(18)4-2-7/h1-6H,18H2,(H,19,20,21). The van der Waals surface area contributed by atoms with Gasteiger partial charge in [-0.1, -0.05) is 0 Å². The quantitative estimate of drug-likeness (QED) is 0.563. The molecule has 0 saturated carbocycles. The van der Waals surface area contributed by atoms with E-state index in [9.17, 15) is 13.2 Å². The van der Waals surface area contributed by atoms with Gasteiger partial charge in [0.05, 0.1) is 5.56 Å². The molecule has 0 aliphatic rings. The summed E-state index contributed by atoms with van der Waals surface area (Å²) in [6, 6.07) is 8.67. The van der Waals surface area contributed by atoms with Crippen LogP contribution in [0.25, 0.3) is 22.8 Å². The molecule has 0 fully saturated rings. The van der Waals surface area contributed by atoms with Crippen LogP contribution in [0.2, 0.25) is 0 Å². The van der Waals surface area contributed by atoms with Gasteiger partial charge in [0.1, 0.15) is 0 Å². The summed E-state index contributed by atoms with van der Waals surface area (Å²) in [6.45, 7) is 0. The number of rotatable bonds is 2. The fraction of sp³-hybridized carbons (Fsp3) is 0. The molecular weight excluding hydrogens is 281 g/mol. The van der Waals surface area contributed by atoms with Gasteiger partial charge in [-0.05, 0) is 36.4 Å². The minimum Gasteiger partial charge on any atom is -0.399 e. The van der Waals surface area contributed by atoms with Crippen LogP contribution >= 0.6 is 0 Å². The van der Waals surface area contributed by atoms with Crippen LogP contribution in [0.15, 0.2) is 36.4 Å². The summed E-state index contributed by atoms with van der Waals surface area (Å²) in [5.74, 6) is -3.80. The first-order valence-electron chi connectivity index (χ1n) is 5.98. The maximum Gasteiger partial charge on any atom is 0.195 e. The summed E-state index contributed by atoms with van der Waals surface area (Å²) >= 11 is 0. The van der Waals surface area contributed by atoms with Gasteiger partial charge in [-0.15, -0.1) is 0 Å².